The number of nitrogens with one attached hydrogen (secondary N) is 1. The van der Waals surface area contributed by atoms with Gasteiger partial charge in [-0.2, -0.15) is 0 Å². The van der Waals surface area contributed by atoms with Crippen LogP contribution in [0.3, 0.4) is 0 Å². The molecule has 1 amide bonds. The number of hydrogen-bond acceptors (Lipinski definition) is 2. The highest BCUT2D eigenvalue weighted by Crippen LogP contribution is 2.44. The van der Waals surface area contributed by atoms with Gasteiger partial charge in [-0.05, 0) is 86.4 Å². The molecule has 1 aliphatic heterocycles. The van der Waals surface area contributed by atoms with Crippen LogP contribution in [0.2, 0.25) is 5.02 Å². The maximum absolute atomic E-state index is 13.7. The van der Waals surface area contributed by atoms with Crippen LogP contribution in [0, 0.1) is 11.7 Å². The first-order valence-corrected chi connectivity index (χ1v) is 12.0. The minimum Gasteiger partial charge on any atom is -0.349 e. The molecule has 1 heterocycles. The molecule has 1 aliphatic rings. The topological polar surface area (TPSA) is 32.3 Å². The number of piperidine rings is 1. The van der Waals surface area contributed by atoms with Gasteiger partial charge in [0, 0.05) is 22.4 Å². The van der Waals surface area contributed by atoms with Gasteiger partial charge in [-0.3, -0.25) is 4.79 Å². The van der Waals surface area contributed by atoms with Gasteiger partial charge in [-0.25, -0.2) is 4.39 Å². The lowest BCUT2D eigenvalue weighted by molar-refractivity contribution is -0.128. The summed E-state index contributed by atoms with van der Waals surface area (Å²) in [6, 6.07) is 18.8. The number of amides is 1. The lowest BCUT2D eigenvalue weighted by Crippen LogP contribution is -2.52. The second-order valence-corrected chi connectivity index (χ2v) is 10.1. The zero-order chi connectivity index (χ0) is 23.8. The summed E-state index contributed by atoms with van der Waals surface area (Å²) >= 11 is 6.39. The Hall–Kier alpha value is -2.43. The minimum absolute atomic E-state index is 0.00707. The summed E-state index contributed by atoms with van der Waals surface area (Å²) in [5, 5.41) is 6.06. The monoisotopic (exact) mass is 466 g/mol. The molecule has 0 aliphatic carbocycles. The lowest BCUT2D eigenvalue weighted by atomic mass is 9.63. The Balaban J connectivity index is 1.64. The van der Waals surface area contributed by atoms with Gasteiger partial charge in [0.2, 0.25) is 5.91 Å². The van der Waals surface area contributed by atoms with Crippen molar-refractivity contribution in [2.75, 3.05) is 13.6 Å². The molecule has 3 nitrogen and oxygen atoms in total. The maximum Gasteiger partial charge on any atom is 0.224 e. The quantitative estimate of drug-likeness (QED) is 0.465. The van der Waals surface area contributed by atoms with Crippen LogP contribution < -0.4 is 5.32 Å². The fourth-order valence-electron chi connectivity index (χ4n) is 5.40. The van der Waals surface area contributed by atoms with E-state index in [0.29, 0.717) is 11.1 Å². The smallest absolute Gasteiger partial charge is 0.224 e. The molecule has 3 aromatic carbocycles. The van der Waals surface area contributed by atoms with Crippen LogP contribution in [0.4, 0.5) is 4.39 Å². The first-order valence-electron chi connectivity index (χ1n) is 11.7. The molecule has 4 atom stereocenters. The van der Waals surface area contributed by atoms with Crippen molar-refractivity contribution >= 4 is 28.3 Å². The van der Waals surface area contributed by atoms with E-state index in [1.807, 2.05) is 56.3 Å². The van der Waals surface area contributed by atoms with Crippen LogP contribution in [0.5, 0.6) is 0 Å². The van der Waals surface area contributed by atoms with Gasteiger partial charge in [-0.1, -0.05) is 54.9 Å². The first-order chi connectivity index (χ1) is 15.7. The summed E-state index contributed by atoms with van der Waals surface area (Å²) in [4.78, 5) is 16.0. The van der Waals surface area contributed by atoms with Gasteiger partial charge >= 0.3 is 0 Å². The van der Waals surface area contributed by atoms with Gasteiger partial charge < -0.3 is 10.2 Å². The number of fused-ring (bicyclic) bond motifs is 1. The average molecular weight is 467 g/mol. The van der Waals surface area contributed by atoms with E-state index in [1.54, 1.807) is 0 Å². The third kappa shape index (κ3) is 4.64. The second-order valence-electron chi connectivity index (χ2n) is 9.61. The van der Waals surface area contributed by atoms with Crippen LogP contribution >= 0.6 is 11.6 Å². The minimum atomic E-state index is -0.347. The highest BCUT2D eigenvalue weighted by molar-refractivity contribution is 6.31. The number of carbonyl (C=O) groups excluding carboxylic acids is 1. The highest BCUT2D eigenvalue weighted by Gasteiger charge is 2.45. The molecule has 0 saturated carbocycles. The molecule has 0 radical (unpaired) electrons. The molecule has 1 fully saturated rings. The van der Waals surface area contributed by atoms with Crippen molar-refractivity contribution in [3.63, 3.8) is 0 Å². The Bertz CT molecular complexity index is 1150. The predicted octanol–water partition coefficient (Wildman–Crippen LogP) is 6.50. The Morgan fingerprint density at radius 3 is 2.55 bits per heavy atom. The molecule has 174 valence electrons. The molecule has 1 saturated heterocycles. The van der Waals surface area contributed by atoms with Crippen LogP contribution in [0.1, 0.15) is 50.8 Å². The molecule has 0 bridgehead atoms. The fraction of sp³-hybridized carbons (Fsp3) is 0.393. The van der Waals surface area contributed by atoms with Crippen molar-refractivity contribution in [2.45, 2.75) is 51.1 Å². The molecule has 0 spiro atoms. The molecule has 1 N–H and O–H groups in total. The second kappa shape index (κ2) is 9.44. The van der Waals surface area contributed by atoms with Crippen molar-refractivity contribution < 1.29 is 9.18 Å². The van der Waals surface area contributed by atoms with Gasteiger partial charge in [-0.15, -0.1) is 0 Å². The van der Waals surface area contributed by atoms with Gasteiger partial charge in [0.1, 0.15) is 5.82 Å². The normalized spacial score (nSPS) is 23.3. The Labute approximate surface area is 200 Å². The van der Waals surface area contributed by atoms with E-state index < -0.39 is 0 Å². The summed E-state index contributed by atoms with van der Waals surface area (Å²) in [6.45, 7) is 7.11. The number of rotatable bonds is 5. The number of likely N-dealkylation sites (tertiary alicyclic amines) is 1. The number of hydrogen-bond donors (Lipinski definition) is 1. The third-order valence-electron chi connectivity index (χ3n) is 7.65. The van der Waals surface area contributed by atoms with Gasteiger partial charge in [0.05, 0.1) is 6.04 Å². The van der Waals surface area contributed by atoms with Gasteiger partial charge in [0.25, 0.3) is 0 Å². The average Bonchev–Trinajstić information content (AvgIpc) is 2.80. The van der Waals surface area contributed by atoms with Crippen LogP contribution in [-0.4, -0.2) is 30.4 Å². The zero-order valence-corrected chi connectivity index (χ0v) is 20.5. The number of carbonyl (C=O) groups is 1. The van der Waals surface area contributed by atoms with E-state index in [-0.39, 0.29) is 29.1 Å². The van der Waals surface area contributed by atoms with E-state index >= 15 is 0 Å². The summed E-state index contributed by atoms with van der Waals surface area (Å²) in [5.41, 5.74) is 1.69. The summed E-state index contributed by atoms with van der Waals surface area (Å²) in [5.74, 6) is -0.520. The first kappa shape index (κ1) is 23.7. The molecular weight excluding hydrogens is 435 g/mol. The van der Waals surface area contributed by atoms with Gasteiger partial charge in [0.15, 0.2) is 0 Å². The van der Waals surface area contributed by atoms with Crippen molar-refractivity contribution in [1.29, 1.82) is 0 Å². The van der Waals surface area contributed by atoms with E-state index in [2.05, 4.69) is 30.3 Å². The zero-order valence-electron chi connectivity index (χ0n) is 19.7. The van der Waals surface area contributed by atoms with E-state index in [4.69, 9.17) is 11.6 Å². The van der Waals surface area contributed by atoms with Crippen molar-refractivity contribution in [3.05, 3.63) is 82.6 Å². The molecule has 4 unspecified atom stereocenters. The Kier molecular flexibility index (Phi) is 6.78. The molecule has 0 aromatic heterocycles. The number of nitrogens with zero attached hydrogens (tertiary/aromatic N) is 1. The Morgan fingerprint density at radius 1 is 1.15 bits per heavy atom. The lowest BCUT2D eigenvalue weighted by Gasteiger charge is -2.48. The summed E-state index contributed by atoms with van der Waals surface area (Å²) in [7, 11) is 2.12. The molecule has 33 heavy (non-hydrogen) atoms. The van der Waals surface area contributed by atoms with E-state index in [9.17, 15) is 9.18 Å². The highest BCUT2D eigenvalue weighted by atomic mass is 35.5. The molecule has 5 heteroatoms. The molecule has 4 rings (SSSR count). The summed E-state index contributed by atoms with van der Waals surface area (Å²) in [6.07, 6.45) is 1.70. The van der Waals surface area contributed by atoms with Crippen molar-refractivity contribution in [2.24, 2.45) is 5.92 Å². The number of halogens is 2. The van der Waals surface area contributed by atoms with E-state index in [1.165, 1.54) is 12.1 Å². The third-order valence-corrected chi connectivity index (χ3v) is 7.87. The largest absolute Gasteiger partial charge is 0.349 e. The van der Waals surface area contributed by atoms with E-state index in [0.717, 1.165) is 41.3 Å². The Morgan fingerprint density at radius 2 is 1.85 bits per heavy atom. The molecule has 3 aromatic rings. The van der Waals surface area contributed by atoms with Crippen LogP contribution in [0.15, 0.2) is 60.7 Å². The predicted molar refractivity (Wildman–Crippen MR) is 134 cm³/mol. The summed E-state index contributed by atoms with van der Waals surface area (Å²) < 4.78 is 13.7. The molecular formula is C28H32ClFN2O. The van der Waals surface area contributed by atoms with Crippen molar-refractivity contribution in [3.8, 4) is 0 Å². The standard InChI is InChI=1S/C28H32ClFN2O/c1-18-17-28(13-14-32(18)4,22-9-11-24(30)12-10-22)19(2)27(33)31-20(3)26-16-23(29)15-21-7-5-6-8-25(21)26/h5-12,15-16,18-20H,13-14,17H2,1-4H3,(H,31,33). The van der Waals surface area contributed by atoms with Crippen molar-refractivity contribution in [1.82, 2.24) is 10.2 Å². The number of benzene rings is 3. The van der Waals surface area contributed by atoms with Crippen LogP contribution in [0.25, 0.3) is 10.8 Å². The van der Waals surface area contributed by atoms with Crippen LogP contribution in [-0.2, 0) is 10.2 Å². The SMILES string of the molecule is CC(NC(=O)C(C)C1(c2ccc(F)cc2)CCN(C)C(C)C1)c1cc(Cl)cc2ccccc12. The fourth-order valence-corrected chi connectivity index (χ4v) is 5.63. The maximum atomic E-state index is 13.7.